The summed E-state index contributed by atoms with van der Waals surface area (Å²) in [7, 11) is 0. The molecule has 1 aromatic carbocycles. The van der Waals surface area contributed by atoms with Crippen molar-refractivity contribution in [3.8, 4) is 5.75 Å². The van der Waals surface area contributed by atoms with E-state index in [1.165, 1.54) is 6.07 Å². The number of hydrogen-bond donors (Lipinski definition) is 1. The number of halogens is 1. The van der Waals surface area contributed by atoms with Crippen molar-refractivity contribution in [2.75, 3.05) is 0 Å². The van der Waals surface area contributed by atoms with Crippen LogP contribution >= 0.6 is 0 Å². The average molecular weight is 265 g/mol. The van der Waals surface area contributed by atoms with Crippen LogP contribution in [0, 0.1) is 11.2 Å². The Hall–Kier alpha value is -1.09. The highest BCUT2D eigenvalue weighted by Gasteiger charge is 2.28. The van der Waals surface area contributed by atoms with Crippen LogP contribution in [0.25, 0.3) is 0 Å². The summed E-state index contributed by atoms with van der Waals surface area (Å²) in [5.41, 5.74) is 6.94. The van der Waals surface area contributed by atoms with Crippen LogP contribution in [0.4, 0.5) is 4.39 Å². The van der Waals surface area contributed by atoms with Crippen molar-refractivity contribution in [2.45, 2.75) is 58.6 Å². The molecule has 106 valence electrons. The van der Waals surface area contributed by atoms with Gasteiger partial charge in [-0.1, -0.05) is 19.9 Å². The van der Waals surface area contributed by atoms with E-state index in [0.29, 0.717) is 11.2 Å². The minimum atomic E-state index is -0.306. The second kappa shape index (κ2) is 5.49. The average Bonchev–Trinajstić information content (AvgIpc) is 2.34. The standard InChI is InChI=1S/C16H24FNO/c1-11(18)12-4-5-15(14(17)10-12)19-13-6-8-16(2,3)9-7-13/h4-5,10-11,13H,6-9,18H2,1-3H3. The van der Waals surface area contributed by atoms with Crippen LogP contribution in [0.3, 0.4) is 0 Å². The van der Waals surface area contributed by atoms with Gasteiger partial charge in [0.1, 0.15) is 0 Å². The predicted molar refractivity (Wildman–Crippen MR) is 75.7 cm³/mol. The van der Waals surface area contributed by atoms with Gasteiger partial charge < -0.3 is 10.5 Å². The Morgan fingerprint density at radius 1 is 1.32 bits per heavy atom. The van der Waals surface area contributed by atoms with Gasteiger partial charge in [0, 0.05) is 6.04 Å². The number of benzene rings is 1. The summed E-state index contributed by atoms with van der Waals surface area (Å²) >= 11 is 0. The van der Waals surface area contributed by atoms with E-state index in [9.17, 15) is 4.39 Å². The van der Waals surface area contributed by atoms with Gasteiger partial charge in [0.2, 0.25) is 0 Å². The summed E-state index contributed by atoms with van der Waals surface area (Å²) in [6.45, 7) is 6.40. The Balaban J connectivity index is 2.00. The van der Waals surface area contributed by atoms with Gasteiger partial charge in [-0.2, -0.15) is 0 Å². The molecule has 0 spiro atoms. The van der Waals surface area contributed by atoms with Crippen molar-refractivity contribution in [1.82, 2.24) is 0 Å². The highest BCUT2D eigenvalue weighted by molar-refractivity contribution is 5.31. The fourth-order valence-electron chi connectivity index (χ4n) is 2.57. The van der Waals surface area contributed by atoms with Crippen LogP contribution in [-0.4, -0.2) is 6.10 Å². The molecular formula is C16H24FNO. The minimum absolute atomic E-state index is 0.142. The lowest BCUT2D eigenvalue weighted by Crippen LogP contribution is -2.28. The smallest absolute Gasteiger partial charge is 0.165 e. The predicted octanol–water partition coefficient (Wildman–Crippen LogP) is 4.19. The minimum Gasteiger partial charge on any atom is -0.487 e. The summed E-state index contributed by atoms with van der Waals surface area (Å²) < 4.78 is 19.7. The van der Waals surface area contributed by atoms with Crippen LogP contribution in [-0.2, 0) is 0 Å². The largest absolute Gasteiger partial charge is 0.487 e. The van der Waals surface area contributed by atoms with Gasteiger partial charge in [-0.15, -0.1) is 0 Å². The molecule has 1 unspecified atom stereocenters. The molecule has 2 nitrogen and oxygen atoms in total. The molecule has 3 heteroatoms. The summed E-state index contributed by atoms with van der Waals surface area (Å²) in [6.07, 6.45) is 4.42. The van der Waals surface area contributed by atoms with Gasteiger partial charge in [-0.3, -0.25) is 0 Å². The molecule has 1 aromatic rings. The van der Waals surface area contributed by atoms with E-state index in [-0.39, 0.29) is 18.0 Å². The van der Waals surface area contributed by atoms with Crippen molar-refractivity contribution in [1.29, 1.82) is 0 Å². The molecule has 2 N–H and O–H groups in total. The maximum Gasteiger partial charge on any atom is 0.165 e. The molecule has 2 rings (SSSR count). The first-order valence-corrected chi connectivity index (χ1v) is 7.09. The molecule has 0 aliphatic heterocycles. The Morgan fingerprint density at radius 3 is 2.47 bits per heavy atom. The van der Waals surface area contributed by atoms with E-state index in [1.54, 1.807) is 6.07 Å². The fourth-order valence-corrected chi connectivity index (χ4v) is 2.57. The monoisotopic (exact) mass is 265 g/mol. The molecule has 0 saturated heterocycles. The summed E-state index contributed by atoms with van der Waals surface area (Å²) in [5.74, 6) is 0.0498. The van der Waals surface area contributed by atoms with E-state index < -0.39 is 0 Å². The lowest BCUT2D eigenvalue weighted by Gasteiger charge is -2.34. The lowest BCUT2D eigenvalue weighted by molar-refractivity contribution is 0.0952. The molecular weight excluding hydrogens is 241 g/mol. The first-order valence-electron chi connectivity index (χ1n) is 7.09. The maximum absolute atomic E-state index is 13.9. The molecule has 1 aliphatic rings. The lowest BCUT2D eigenvalue weighted by atomic mass is 9.76. The first kappa shape index (κ1) is 14.3. The van der Waals surface area contributed by atoms with E-state index >= 15 is 0 Å². The molecule has 0 heterocycles. The van der Waals surface area contributed by atoms with E-state index in [4.69, 9.17) is 10.5 Å². The Morgan fingerprint density at radius 2 is 1.95 bits per heavy atom. The molecule has 0 bridgehead atoms. The van der Waals surface area contributed by atoms with E-state index in [0.717, 1.165) is 31.2 Å². The van der Waals surface area contributed by atoms with Crippen LogP contribution in [0.2, 0.25) is 0 Å². The fraction of sp³-hybridized carbons (Fsp3) is 0.625. The number of hydrogen-bond acceptors (Lipinski definition) is 2. The summed E-state index contributed by atoms with van der Waals surface area (Å²) in [6, 6.07) is 4.87. The molecule has 0 radical (unpaired) electrons. The zero-order valence-corrected chi connectivity index (χ0v) is 12.1. The third kappa shape index (κ3) is 3.69. The molecule has 1 aliphatic carbocycles. The Kier molecular flexibility index (Phi) is 4.14. The normalized spacial score (nSPS) is 21.1. The van der Waals surface area contributed by atoms with Crippen molar-refractivity contribution in [3.63, 3.8) is 0 Å². The number of rotatable bonds is 3. The van der Waals surface area contributed by atoms with Crippen LogP contribution in [0.1, 0.15) is 58.1 Å². The van der Waals surface area contributed by atoms with Gasteiger partial charge in [-0.05, 0) is 55.7 Å². The van der Waals surface area contributed by atoms with Crippen LogP contribution < -0.4 is 10.5 Å². The zero-order chi connectivity index (χ0) is 14.0. The second-order valence-corrected chi connectivity index (χ2v) is 6.46. The van der Waals surface area contributed by atoms with Gasteiger partial charge in [-0.25, -0.2) is 4.39 Å². The topological polar surface area (TPSA) is 35.2 Å². The Labute approximate surface area is 115 Å². The molecule has 0 aromatic heterocycles. The van der Waals surface area contributed by atoms with Crippen molar-refractivity contribution >= 4 is 0 Å². The van der Waals surface area contributed by atoms with Crippen LogP contribution in [0.15, 0.2) is 18.2 Å². The number of ether oxygens (including phenoxy) is 1. The molecule has 1 saturated carbocycles. The first-order chi connectivity index (χ1) is 8.87. The Bertz CT molecular complexity index is 432. The zero-order valence-electron chi connectivity index (χ0n) is 12.1. The molecule has 1 atom stereocenters. The quantitative estimate of drug-likeness (QED) is 0.889. The molecule has 1 fully saturated rings. The highest BCUT2D eigenvalue weighted by atomic mass is 19.1. The second-order valence-electron chi connectivity index (χ2n) is 6.46. The summed E-state index contributed by atoms with van der Waals surface area (Å²) in [4.78, 5) is 0. The van der Waals surface area contributed by atoms with Gasteiger partial charge in [0.15, 0.2) is 11.6 Å². The van der Waals surface area contributed by atoms with Crippen LogP contribution in [0.5, 0.6) is 5.75 Å². The van der Waals surface area contributed by atoms with Gasteiger partial charge in [0.25, 0.3) is 0 Å². The van der Waals surface area contributed by atoms with E-state index in [1.807, 2.05) is 13.0 Å². The third-order valence-corrected chi connectivity index (χ3v) is 4.06. The molecule has 19 heavy (non-hydrogen) atoms. The van der Waals surface area contributed by atoms with Crippen molar-refractivity contribution in [3.05, 3.63) is 29.6 Å². The van der Waals surface area contributed by atoms with E-state index in [2.05, 4.69) is 13.8 Å². The summed E-state index contributed by atoms with van der Waals surface area (Å²) in [5, 5.41) is 0. The van der Waals surface area contributed by atoms with Gasteiger partial charge in [0.05, 0.1) is 6.10 Å². The van der Waals surface area contributed by atoms with Crippen molar-refractivity contribution in [2.24, 2.45) is 11.1 Å². The maximum atomic E-state index is 13.9. The highest BCUT2D eigenvalue weighted by Crippen LogP contribution is 2.37. The third-order valence-electron chi connectivity index (χ3n) is 4.06. The van der Waals surface area contributed by atoms with Gasteiger partial charge >= 0.3 is 0 Å². The van der Waals surface area contributed by atoms with Crippen molar-refractivity contribution < 1.29 is 9.13 Å². The number of nitrogens with two attached hydrogens (primary N) is 1. The SMILES string of the molecule is CC(N)c1ccc(OC2CCC(C)(C)CC2)c(F)c1. The molecule has 0 amide bonds.